The summed E-state index contributed by atoms with van der Waals surface area (Å²) in [5.74, 6) is 1.54. The molecule has 2 aromatic carbocycles. The Morgan fingerprint density at radius 3 is 2.48 bits per heavy atom. The lowest BCUT2D eigenvalue weighted by Gasteiger charge is -2.21. The lowest BCUT2D eigenvalue weighted by Crippen LogP contribution is -2.19. The molecule has 4 nitrogen and oxygen atoms in total. The number of pyridine rings is 1. The van der Waals surface area contributed by atoms with E-state index in [1.165, 1.54) is 34.3 Å². The smallest absolute Gasteiger partial charge is 0.153 e. The van der Waals surface area contributed by atoms with Gasteiger partial charge in [0.15, 0.2) is 5.82 Å². The van der Waals surface area contributed by atoms with Crippen LogP contribution in [0.3, 0.4) is 0 Å². The maximum atomic E-state index is 13.3. The van der Waals surface area contributed by atoms with Crippen molar-refractivity contribution < 1.29 is 9.13 Å². The third-order valence-corrected chi connectivity index (χ3v) is 5.70. The number of halogens is 2. The van der Waals surface area contributed by atoms with E-state index in [1.807, 2.05) is 37.5 Å². The van der Waals surface area contributed by atoms with Gasteiger partial charge in [-0.1, -0.05) is 24.3 Å². The molecular weight excluding hydrogens is 413 g/mol. The van der Waals surface area contributed by atoms with Crippen LogP contribution in [0.25, 0.3) is 10.9 Å². The van der Waals surface area contributed by atoms with Crippen LogP contribution in [0.1, 0.15) is 22.4 Å². The van der Waals surface area contributed by atoms with Gasteiger partial charge in [0, 0.05) is 37.4 Å². The summed E-state index contributed by atoms with van der Waals surface area (Å²) >= 11 is 0. The van der Waals surface area contributed by atoms with E-state index in [-0.39, 0.29) is 18.2 Å². The molecule has 0 aliphatic heterocycles. The van der Waals surface area contributed by atoms with E-state index in [0.717, 1.165) is 29.2 Å². The highest BCUT2D eigenvalue weighted by Gasteiger charge is 2.18. The fraction of sp³-hybridized carbons (Fsp3) is 0.240. The number of fused-ring (bicyclic) bond motifs is 1. The summed E-state index contributed by atoms with van der Waals surface area (Å²) in [7, 11) is 3.71. The molecule has 0 radical (unpaired) electrons. The van der Waals surface area contributed by atoms with E-state index in [9.17, 15) is 4.39 Å². The first kappa shape index (κ1) is 22.6. The van der Waals surface area contributed by atoms with Crippen molar-refractivity contribution >= 4 is 29.1 Å². The standard InChI is InChI=1S/C25H26FN3O.ClH/c1-17-18(2)29(16-20-6-5-7-22(14-20)30-4)24-23(17)12-13-27-25(24)28(3)15-19-8-10-21(26)11-9-19;/h5-14H,15-16H2,1-4H3;1H. The number of hydrogen-bond donors (Lipinski definition) is 0. The molecule has 6 heteroatoms. The number of benzene rings is 2. The Balaban J connectivity index is 0.00000272. The van der Waals surface area contributed by atoms with Gasteiger partial charge in [0.25, 0.3) is 0 Å². The van der Waals surface area contributed by atoms with Crippen LogP contribution in [-0.4, -0.2) is 23.7 Å². The monoisotopic (exact) mass is 439 g/mol. The van der Waals surface area contributed by atoms with Crippen LogP contribution in [0.2, 0.25) is 0 Å². The number of methoxy groups -OCH3 is 1. The molecule has 0 unspecified atom stereocenters. The summed E-state index contributed by atoms with van der Waals surface area (Å²) in [6.45, 7) is 5.69. The third-order valence-electron chi connectivity index (χ3n) is 5.70. The van der Waals surface area contributed by atoms with Crippen molar-refractivity contribution in [3.8, 4) is 5.75 Å². The average Bonchev–Trinajstić information content (AvgIpc) is 3.00. The normalized spacial score (nSPS) is 10.7. The number of anilines is 1. The van der Waals surface area contributed by atoms with E-state index in [0.29, 0.717) is 6.54 Å². The highest BCUT2D eigenvalue weighted by molar-refractivity contribution is 5.93. The summed E-state index contributed by atoms with van der Waals surface area (Å²) in [4.78, 5) is 6.84. The van der Waals surface area contributed by atoms with Crippen molar-refractivity contribution in [2.24, 2.45) is 0 Å². The van der Waals surface area contributed by atoms with Gasteiger partial charge in [-0.2, -0.15) is 0 Å². The number of ether oxygens (including phenoxy) is 1. The minimum atomic E-state index is -0.222. The molecule has 2 aromatic heterocycles. The van der Waals surface area contributed by atoms with Gasteiger partial charge < -0.3 is 14.2 Å². The number of nitrogens with zero attached hydrogens (tertiary/aromatic N) is 3. The quantitative estimate of drug-likeness (QED) is 0.374. The molecule has 0 N–H and O–H groups in total. The first-order valence-corrected chi connectivity index (χ1v) is 10.0. The minimum Gasteiger partial charge on any atom is -0.497 e. The van der Waals surface area contributed by atoms with E-state index in [1.54, 1.807) is 7.11 Å². The van der Waals surface area contributed by atoms with Gasteiger partial charge in [0.2, 0.25) is 0 Å². The van der Waals surface area contributed by atoms with Crippen molar-refractivity contribution in [3.05, 3.63) is 89.0 Å². The molecule has 0 atom stereocenters. The fourth-order valence-electron chi connectivity index (χ4n) is 3.95. The van der Waals surface area contributed by atoms with Gasteiger partial charge in [0.05, 0.1) is 12.6 Å². The topological polar surface area (TPSA) is 30.3 Å². The second kappa shape index (κ2) is 9.40. The lowest BCUT2D eigenvalue weighted by molar-refractivity contribution is 0.414. The van der Waals surface area contributed by atoms with Gasteiger partial charge in [-0.3, -0.25) is 0 Å². The fourth-order valence-corrected chi connectivity index (χ4v) is 3.95. The predicted molar refractivity (Wildman–Crippen MR) is 127 cm³/mol. The first-order valence-electron chi connectivity index (χ1n) is 10.0. The van der Waals surface area contributed by atoms with E-state index in [4.69, 9.17) is 9.72 Å². The SMILES string of the molecule is COc1cccc(Cn2c(C)c(C)c3ccnc(N(C)Cc4ccc(F)cc4)c32)c1.Cl. The highest BCUT2D eigenvalue weighted by Crippen LogP contribution is 2.32. The molecule has 0 fully saturated rings. The van der Waals surface area contributed by atoms with Crippen molar-refractivity contribution in [3.63, 3.8) is 0 Å². The average molecular weight is 440 g/mol. The Kier molecular flexibility index (Phi) is 6.86. The Bertz CT molecular complexity index is 1190. The molecule has 0 saturated carbocycles. The number of aromatic nitrogens is 2. The van der Waals surface area contributed by atoms with Crippen LogP contribution in [0.5, 0.6) is 5.75 Å². The lowest BCUT2D eigenvalue weighted by atomic mass is 10.2. The Labute approximate surface area is 188 Å². The van der Waals surface area contributed by atoms with Gasteiger partial charge >= 0.3 is 0 Å². The first-order chi connectivity index (χ1) is 14.5. The van der Waals surface area contributed by atoms with Crippen LogP contribution in [0.4, 0.5) is 10.2 Å². The maximum Gasteiger partial charge on any atom is 0.153 e. The molecular formula is C25H27ClFN3O. The van der Waals surface area contributed by atoms with Gasteiger partial charge in [-0.25, -0.2) is 9.37 Å². The molecule has 31 heavy (non-hydrogen) atoms. The van der Waals surface area contributed by atoms with E-state index < -0.39 is 0 Å². The number of rotatable bonds is 6. The molecule has 0 amide bonds. The van der Waals surface area contributed by atoms with Crippen LogP contribution in [0, 0.1) is 19.7 Å². The second-order valence-corrected chi connectivity index (χ2v) is 7.66. The summed E-state index contributed by atoms with van der Waals surface area (Å²) in [6, 6.07) is 16.9. The summed E-state index contributed by atoms with van der Waals surface area (Å²) < 4.78 is 21.0. The molecule has 0 aliphatic rings. The number of hydrogen-bond acceptors (Lipinski definition) is 3. The Morgan fingerprint density at radius 1 is 1.03 bits per heavy atom. The van der Waals surface area contributed by atoms with Crippen molar-refractivity contribution in [1.29, 1.82) is 0 Å². The maximum absolute atomic E-state index is 13.3. The van der Waals surface area contributed by atoms with E-state index in [2.05, 4.69) is 41.5 Å². The molecule has 162 valence electrons. The number of aryl methyl sites for hydroxylation is 1. The summed E-state index contributed by atoms with van der Waals surface area (Å²) in [5.41, 5.74) is 5.80. The predicted octanol–water partition coefficient (Wildman–Crippen LogP) is 5.91. The molecule has 0 bridgehead atoms. The molecule has 0 aliphatic carbocycles. The van der Waals surface area contributed by atoms with Crippen LogP contribution in [0.15, 0.2) is 60.8 Å². The van der Waals surface area contributed by atoms with Crippen molar-refractivity contribution in [2.45, 2.75) is 26.9 Å². The molecule has 2 heterocycles. The minimum absolute atomic E-state index is 0. The van der Waals surface area contributed by atoms with Gasteiger partial charge in [-0.05, 0) is 60.9 Å². The zero-order valence-electron chi connectivity index (χ0n) is 18.2. The molecule has 4 aromatic rings. The van der Waals surface area contributed by atoms with Gasteiger partial charge in [0.1, 0.15) is 11.6 Å². The molecule has 0 spiro atoms. The molecule has 0 saturated heterocycles. The zero-order valence-corrected chi connectivity index (χ0v) is 19.0. The van der Waals surface area contributed by atoms with Crippen LogP contribution in [-0.2, 0) is 13.1 Å². The van der Waals surface area contributed by atoms with Crippen molar-refractivity contribution in [1.82, 2.24) is 9.55 Å². The van der Waals surface area contributed by atoms with E-state index >= 15 is 0 Å². The second-order valence-electron chi connectivity index (χ2n) is 7.66. The van der Waals surface area contributed by atoms with Crippen LogP contribution < -0.4 is 9.64 Å². The Hall–Kier alpha value is -3.05. The Morgan fingerprint density at radius 2 is 1.77 bits per heavy atom. The van der Waals surface area contributed by atoms with Gasteiger partial charge in [-0.15, -0.1) is 12.4 Å². The largest absolute Gasteiger partial charge is 0.497 e. The summed E-state index contributed by atoms with van der Waals surface area (Å²) in [6.07, 6.45) is 1.86. The third kappa shape index (κ3) is 4.52. The van der Waals surface area contributed by atoms with Crippen molar-refractivity contribution in [2.75, 3.05) is 19.1 Å². The van der Waals surface area contributed by atoms with Crippen LogP contribution >= 0.6 is 12.4 Å². The summed E-state index contributed by atoms with van der Waals surface area (Å²) in [5, 5.41) is 1.20. The highest BCUT2D eigenvalue weighted by atomic mass is 35.5. The molecule has 4 rings (SSSR count). The zero-order chi connectivity index (χ0) is 21.3.